The Labute approximate surface area is 184 Å². The lowest BCUT2D eigenvalue weighted by molar-refractivity contribution is -0.115. The number of primary sulfonamides is 1. The number of aryl methyl sites for hydroxylation is 1. The number of rotatable bonds is 6. The number of hydrogen-bond acceptors (Lipinski definition) is 4. The highest BCUT2D eigenvalue weighted by atomic mass is 35.5. The number of halogens is 2. The normalized spacial score (nSPS) is 11.2. The van der Waals surface area contributed by atoms with E-state index in [1.54, 1.807) is 30.3 Å². The minimum Gasteiger partial charge on any atom is -0.456 e. The van der Waals surface area contributed by atoms with Crippen LogP contribution in [0.1, 0.15) is 11.1 Å². The van der Waals surface area contributed by atoms with Gasteiger partial charge >= 0.3 is 0 Å². The maximum atomic E-state index is 12.4. The Hall–Kier alpha value is -2.58. The molecule has 0 aromatic heterocycles. The van der Waals surface area contributed by atoms with Crippen LogP contribution >= 0.6 is 23.2 Å². The van der Waals surface area contributed by atoms with E-state index in [-0.39, 0.29) is 28.7 Å². The van der Waals surface area contributed by atoms with Crippen LogP contribution in [0.25, 0.3) is 0 Å². The number of benzene rings is 3. The lowest BCUT2D eigenvalue weighted by Gasteiger charge is -2.13. The monoisotopic (exact) mass is 464 g/mol. The van der Waals surface area contributed by atoms with Crippen molar-refractivity contribution in [3.8, 4) is 11.5 Å². The maximum Gasteiger partial charge on any atom is 0.241 e. The van der Waals surface area contributed by atoms with Gasteiger partial charge in [-0.3, -0.25) is 4.79 Å². The molecule has 0 fully saturated rings. The summed E-state index contributed by atoms with van der Waals surface area (Å²) in [5.41, 5.74) is 1.90. The van der Waals surface area contributed by atoms with Crippen LogP contribution < -0.4 is 15.2 Å². The largest absolute Gasteiger partial charge is 0.456 e. The Balaban J connectivity index is 1.83. The van der Waals surface area contributed by atoms with Crippen LogP contribution in [0.4, 0.5) is 5.69 Å². The number of hydrogen-bond donors (Lipinski definition) is 2. The van der Waals surface area contributed by atoms with Gasteiger partial charge in [0.1, 0.15) is 16.4 Å². The topological polar surface area (TPSA) is 98.5 Å². The Morgan fingerprint density at radius 2 is 1.83 bits per heavy atom. The summed E-state index contributed by atoms with van der Waals surface area (Å²) in [5, 5.41) is 8.91. The fraction of sp³-hybridized carbons (Fsp3) is 0.0952. The highest BCUT2D eigenvalue weighted by molar-refractivity contribution is 7.89. The van der Waals surface area contributed by atoms with Crippen molar-refractivity contribution in [2.75, 3.05) is 5.32 Å². The molecule has 0 aliphatic carbocycles. The first kappa shape index (κ1) is 22.1. The van der Waals surface area contributed by atoms with E-state index in [1.165, 1.54) is 24.3 Å². The van der Waals surface area contributed by atoms with E-state index < -0.39 is 10.0 Å². The number of nitrogens with two attached hydrogens (primary N) is 1. The van der Waals surface area contributed by atoms with Crippen LogP contribution in [0.15, 0.2) is 65.6 Å². The maximum absolute atomic E-state index is 12.4. The van der Waals surface area contributed by atoms with Gasteiger partial charge in [-0.2, -0.15) is 0 Å². The van der Waals surface area contributed by atoms with Crippen molar-refractivity contribution < 1.29 is 17.9 Å². The lowest BCUT2D eigenvalue weighted by atomic mass is 10.1. The number of nitrogens with one attached hydrogen (secondary N) is 1. The van der Waals surface area contributed by atoms with Crippen molar-refractivity contribution in [2.45, 2.75) is 18.2 Å². The molecule has 6 nitrogen and oxygen atoms in total. The van der Waals surface area contributed by atoms with E-state index >= 15 is 0 Å². The summed E-state index contributed by atoms with van der Waals surface area (Å²) >= 11 is 12.1. The minimum absolute atomic E-state index is 0.0133. The number of amides is 1. The van der Waals surface area contributed by atoms with Crippen molar-refractivity contribution in [1.82, 2.24) is 0 Å². The van der Waals surface area contributed by atoms with Gasteiger partial charge in [0.25, 0.3) is 0 Å². The molecule has 0 radical (unpaired) electrons. The van der Waals surface area contributed by atoms with Gasteiger partial charge in [-0.05, 0) is 60.5 Å². The molecule has 0 atom stereocenters. The predicted octanol–water partition coefficient (Wildman–Crippen LogP) is 4.92. The van der Waals surface area contributed by atoms with Crippen molar-refractivity contribution in [2.24, 2.45) is 5.14 Å². The predicted molar refractivity (Wildman–Crippen MR) is 118 cm³/mol. The highest BCUT2D eigenvalue weighted by Crippen LogP contribution is 2.31. The zero-order valence-corrected chi connectivity index (χ0v) is 18.2. The standard InChI is InChI=1S/C21H18Cl2N2O4S/c1-13-5-6-14(18(23)9-13)10-21(26)25-16-7-8-19(20(12-16)30(24,27)28)29-17-4-2-3-15(22)11-17/h2-9,11-12H,10H2,1H3,(H,25,26)(H2,24,27,28). The van der Waals surface area contributed by atoms with E-state index in [9.17, 15) is 13.2 Å². The third-order valence-corrected chi connectivity index (χ3v) is 5.64. The van der Waals surface area contributed by atoms with Gasteiger partial charge in [-0.15, -0.1) is 0 Å². The molecule has 0 heterocycles. The molecule has 0 saturated carbocycles. The van der Waals surface area contributed by atoms with Crippen LogP contribution in [-0.4, -0.2) is 14.3 Å². The molecule has 0 bridgehead atoms. The smallest absolute Gasteiger partial charge is 0.241 e. The first-order valence-electron chi connectivity index (χ1n) is 8.77. The summed E-state index contributed by atoms with van der Waals surface area (Å²) in [7, 11) is -4.12. The summed E-state index contributed by atoms with van der Waals surface area (Å²) < 4.78 is 29.7. The average molecular weight is 465 g/mol. The number of sulfonamides is 1. The number of ether oxygens (including phenoxy) is 1. The molecule has 0 saturated heterocycles. The van der Waals surface area contributed by atoms with Crippen LogP contribution in [-0.2, 0) is 21.2 Å². The number of carbonyl (C=O) groups is 1. The Kier molecular flexibility index (Phi) is 6.67. The molecule has 3 aromatic carbocycles. The molecule has 3 N–H and O–H groups in total. The van der Waals surface area contributed by atoms with Gasteiger partial charge in [0.2, 0.25) is 15.9 Å². The second kappa shape index (κ2) is 9.06. The SMILES string of the molecule is Cc1ccc(CC(=O)Nc2ccc(Oc3cccc(Cl)c3)c(S(N)(=O)=O)c2)c(Cl)c1. The molecule has 156 valence electrons. The summed E-state index contributed by atoms with van der Waals surface area (Å²) in [6.07, 6.45) is 0.0323. The molecule has 0 aliphatic rings. The van der Waals surface area contributed by atoms with Gasteiger partial charge in [0.15, 0.2) is 0 Å². The second-order valence-corrected chi connectivity index (χ2v) is 8.96. The van der Waals surface area contributed by atoms with Crippen molar-refractivity contribution in [3.05, 3.63) is 81.8 Å². The molecule has 3 aromatic rings. The first-order chi connectivity index (χ1) is 14.1. The van der Waals surface area contributed by atoms with Gasteiger partial charge in [0.05, 0.1) is 6.42 Å². The zero-order chi connectivity index (χ0) is 21.9. The molecule has 0 unspecified atom stereocenters. The lowest BCUT2D eigenvalue weighted by Crippen LogP contribution is -2.17. The van der Waals surface area contributed by atoms with Crippen LogP contribution in [0.2, 0.25) is 10.0 Å². The van der Waals surface area contributed by atoms with Gasteiger partial charge in [0, 0.05) is 15.7 Å². The zero-order valence-electron chi connectivity index (χ0n) is 15.9. The van der Waals surface area contributed by atoms with E-state index in [1.807, 2.05) is 13.0 Å². The van der Waals surface area contributed by atoms with Crippen LogP contribution in [0, 0.1) is 6.92 Å². The molecule has 30 heavy (non-hydrogen) atoms. The Morgan fingerprint density at radius 1 is 1.07 bits per heavy atom. The molecule has 0 spiro atoms. The molecule has 3 rings (SSSR count). The second-order valence-electron chi connectivity index (χ2n) is 6.59. The van der Waals surface area contributed by atoms with E-state index in [0.717, 1.165) is 5.56 Å². The summed E-state index contributed by atoms with van der Waals surface area (Å²) in [6, 6.07) is 16.1. The molecular formula is C21H18Cl2N2O4S. The minimum atomic E-state index is -4.12. The number of anilines is 1. The third kappa shape index (κ3) is 5.73. The molecular weight excluding hydrogens is 447 g/mol. The van der Waals surface area contributed by atoms with E-state index in [4.69, 9.17) is 33.1 Å². The Bertz CT molecular complexity index is 1210. The molecule has 9 heteroatoms. The quantitative estimate of drug-likeness (QED) is 0.540. The van der Waals surface area contributed by atoms with Crippen molar-refractivity contribution in [3.63, 3.8) is 0 Å². The molecule has 1 amide bonds. The fourth-order valence-electron chi connectivity index (χ4n) is 2.72. The Morgan fingerprint density at radius 3 is 2.50 bits per heavy atom. The van der Waals surface area contributed by atoms with Gasteiger partial charge < -0.3 is 10.1 Å². The van der Waals surface area contributed by atoms with E-state index in [0.29, 0.717) is 21.4 Å². The fourth-order valence-corrected chi connectivity index (χ4v) is 3.89. The van der Waals surface area contributed by atoms with Gasteiger partial charge in [-0.25, -0.2) is 13.6 Å². The summed E-state index contributed by atoms with van der Waals surface area (Å²) in [6.45, 7) is 1.90. The van der Waals surface area contributed by atoms with Crippen LogP contribution in [0.3, 0.4) is 0 Å². The third-order valence-electron chi connectivity index (χ3n) is 4.12. The molecule has 0 aliphatic heterocycles. The highest BCUT2D eigenvalue weighted by Gasteiger charge is 2.18. The number of carbonyl (C=O) groups excluding carboxylic acids is 1. The van der Waals surface area contributed by atoms with Gasteiger partial charge in [-0.1, -0.05) is 41.4 Å². The van der Waals surface area contributed by atoms with Crippen molar-refractivity contribution in [1.29, 1.82) is 0 Å². The first-order valence-corrected chi connectivity index (χ1v) is 11.1. The van der Waals surface area contributed by atoms with E-state index in [2.05, 4.69) is 5.32 Å². The van der Waals surface area contributed by atoms with Crippen molar-refractivity contribution >= 4 is 44.8 Å². The summed E-state index contributed by atoms with van der Waals surface area (Å²) in [4.78, 5) is 12.1. The summed E-state index contributed by atoms with van der Waals surface area (Å²) in [5.74, 6) is 0.00201. The van der Waals surface area contributed by atoms with Crippen LogP contribution in [0.5, 0.6) is 11.5 Å². The average Bonchev–Trinajstić information content (AvgIpc) is 2.64.